The number of nitrogens with zero attached hydrogens (tertiary/aromatic N) is 2. The molecule has 0 saturated heterocycles. The molecule has 1 atom stereocenters. The van der Waals surface area contributed by atoms with Gasteiger partial charge in [0.15, 0.2) is 0 Å². The van der Waals surface area contributed by atoms with Crippen LogP contribution in [0.15, 0.2) is 42.5 Å². The molecule has 192 valence electrons. The lowest BCUT2D eigenvalue weighted by Gasteiger charge is -2.33. The van der Waals surface area contributed by atoms with Gasteiger partial charge >= 0.3 is 0 Å². The highest BCUT2D eigenvalue weighted by atomic mass is 35.5. The van der Waals surface area contributed by atoms with Crippen molar-refractivity contribution in [2.45, 2.75) is 39.3 Å². The van der Waals surface area contributed by atoms with E-state index in [2.05, 4.69) is 5.32 Å². The maximum atomic E-state index is 13.6. The average Bonchev–Trinajstić information content (AvgIpc) is 2.81. The summed E-state index contributed by atoms with van der Waals surface area (Å²) in [4.78, 5) is 27.9. The van der Waals surface area contributed by atoms with Crippen LogP contribution in [0.1, 0.15) is 32.3 Å². The molecule has 0 saturated carbocycles. The van der Waals surface area contributed by atoms with Gasteiger partial charge in [0.2, 0.25) is 21.8 Å². The predicted molar refractivity (Wildman–Crippen MR) is 140 cm³/mol. The molecule has 0 bridgehead atoms. The number of ether oxygens (including phenoxy) is 1. The third-order valence-electron chi connectivity index (χ3n) is 5.33. The van der Waals surface area contributed by atoms with Crippen molar-refractivity contribution in [3.8, 4) is 5.75 Å². The van der Waals surface area contributed by atoms with Crippen LogP contribution in [0.5, 0.6) is 5.75 Å². The van der Waals surface area contributed by atoms with Gasteiger partial charge in [-0.3, -0.25) is 13.9 Å². The van der Waals surface area contributed by atoms with Crippen LogP contribution in [0.4, 0.5) is 5.69 Å². The smallest absolute Gasteiger partial charge is 0.244 e. The largest absolute Gasteiger partial charge is 0.497 e. The summed E-state index contributed by atoms with van der Waals surface area (Å²) in [5.74, 6) is -0.315. The summed E-state index contributed by atoms with van der Waals surface area (Å²) in [6.07, 6.45) is 2.09. The fraction of sp³-hybridized carbons (Fsp3) is 0.417. The number of anilines is 1. The van der Waals surface area contributed by atoms with Crippen LogP contribution >= 0.6 is 23.2 Å². The van der Waals surface area contributed by atoms with Crippen LogP contribution in [-0.2, 0) is 26.2 Å². The highest BCUT2D eigenvalue weighted by Crippen LogP contribution is 2.25. The van der Waals surface area contributed by atoms with Gasteiger partial charge in [-0.05, 0) is 54.8 Å². The Hall–Kier alpha value is -2.49. The Morgan fingerprint density at radius 3 is 2.26 bits per heavy atom. The Bertz CT molecular complexity index is 1130. The molecule has 0 heterocycles. The maximum Gasteiger partial charge on any atom is 0.244 e. The third kappa shape index (κ3) is 8.02. The van der Waals surface area contributed by atoms with Crippen molar-refractivity contribution in [3.63, 3.8) is 0 Å². The van der Waals surface area contributed by atoms with Gasteiger partial charge in [-0.1, -0.05) is 43.1 Å². The highest BCUT2D eigenvalue weighted by Gasteiger charge is 2.32. The molecule has 0 unspecified atom stereocenters. The molecule has 8 nitrogen and oxygen atoms in total. The summed E-state index contributed by atoms with van der Waals surface area (Å²) >= 11 is 12.4. The Morgan fingerprint density at radius 1 is 1.09 bits per heavy atom. The summed E-state index contributed by atoms with van der Waals surface area (Å²) in [7, 11) is -2.32. The normalized spacial score (nSPS) is 12.1. The van der Waals surface area contributed by atoms with Gasteiger partial charge in [0.05, 0.1) is 19.1 Å². The number of hydrogen-bond donors (Lipinski definition) is 1. The Balaban J connectivity index is 2.44. The van der Waals surface area contributed by atoms with Crippen molar-refractivity contribution in [2.75, 3.05) is 30.8 Å². The van der Waals surface area contributed by atoms with E-state index < -0.39 is 28.5 Å². The van der Waals surface area contributed by atoms with Crippen LogP contribution < -0.4 is 14.4 Å². The van der Waals surface area contributed by atoms with Gasteiger partial charge < -0.3 is 15.0 Å². The molecule has 1 N–H and O–H groups in total. The first-order valence-electron chi connectivity index (χ1n) is 11.1. The van der Waals surface area contributed by atoms with Gasteiger partial charge in [-0.25, -0.2) is 8.42 Å². The number of rotatable bonds is 12. The second-order valence-corrected chi connectivity index (χ2v) is 10.7. The molecule has 2 aromatic carbocycles. The Morgan fingerprint density at radius 2 is 1.74 bits per heavy atom. The molecule has 0 aliphatic heterocycles. The quantitative estimate of drug-likeness (QED) is 0.434. The van der Waals surface area contributed by atoms with Crippen LogP contribution in [0, 0.1) is 0 Å². The molecule has 2 aromatic rings. The molecule has 0 aromatic heterocycles. The van der Waals surface area contributed by atoms with E-state index in [0.717, 1.165) is 17.0 Å². The van der Waals surface area contributed by atoms with Crippen molar-refractivity contribution in [1.82, 2.24) is 10.2 Å². The predicted octanol–water partition coefficient (Wildman–Crippen LogP) is 4.10. The molecule has 0 fully saturated rings. The molecular formula is C24H31Cl2N3O5S. The molecular weight excluding hydrogens is 513 g/mol. The summed E-state index contributed by atoms with van der Waals surface area (Å²) in [5.41, 5.74) is 0.885. The summed E-state index contributed by atoms with van der Waals surface area (Å²) in [6, 6.07) is 10.4. The lowest BCUT2D eigenvalue weighted by Crippen LogP contribution is -2.52. The van der Waals surface area contributed by atoms with Crippen molar-refractivity contribution in [1.29, 1.82) is 0 Å². The van der Waals surface area contributed by atoms with Gasteiger partial charge in [-0.15, -0.1) is 0 Å². The number of sulfonamides is 1. The summed E-state index contributed by atoms with van der Waals surface area (Å²) < 4.78 is 31.4. The topological polar surface area (TPSA) is 96.0 Å². The van der Waals surface area contributed by atoms with Crippen LogP contribution in [-0.4, -0.2) is 57.6 Å². The number of halogens is 2. The minimum atomic E-state index is -3.82. The summed E-state index contributed by atoms with van der Waals surface area (Å²) in [5, 5.41) is 3.60. The standard InChI is InChI=1S/C24H31Cl2N3O5S/c1-5-13-27-24(31)22(6-2)28(15-17-7-8-18(25)14-21(17)26)23(30)16-29(35(4,32)33)19-9-11-20(34-3)12-10-19/h7-12,14,22H,5-6,13,15-16H2,1-4H3,(H,27,31)/t22-/m0/s1. The first kappa shape index (κ1) is 28.7. The number of methoxy groups -OCH3 is 1. The molecule has 11 heteroatoms. The zero-order valence-electron chi connectivity index (χ0n) is 20.3. The molecule has 0 aliphatic carbocycles. The zero-order valence-corrected chi connectivity index (χ0v) is 22.6. The maximum absolute atomic E-state index is 13.6. The molecule has 2 amide bonds. The van der Waals surface area contributed by atoms with Crippen LogP contribution in [0.3, 0.4) is 0 Å². The van der Waals surface area contributed by atoms with Crippen LogP contribution in [0.25, 0.3) is 0 Å². The number of carbonyl (C=O) groups is 2. The minimum absolute atomic E-state index is 0.00705. The van der Waals surface area contributed by atoms with E-state index in [4.69, 9.17) is 27.9 Å². The second kappa shape index (κ2) is 13.0. The molecule has 0 aliphatic rings. The van der Waals surface area contributed by atoms with E-state index in [0.29, 0.717) is 40.0 Å². The van der Waals surface area contributed by atoms with Crippen molar-refractivity contribution in [3.05, 3.63) is 58.1 Å². The van der Waals surface area contributed by atoms with E-state index in [1.165, 1.54) is 12.0 Å². The lowest BCUT2D eigenvalue weighted by molar-refractivity contribution is -0.140. The highest BCUT2D eigenvalue weighted by molar-refractivity contribution is 7.92. The van der Waals surface area contributed by atoms with Crippen molar-refractivity contribution < 1.29 is 22.7 Å². The second-order valence-electron chi connectivity index (χ2n) is 7.94. The summed E-state index contributed by atoms with van der Waals surface area (Å²) in [6.45, 7) is 3.69. The fourth-order valence-corrected chi connectivity index (χ4v) is 4.80. The fourth-order valence-electron chi connectivity index (χ4n) is 3.48. The van der Waals surface area contributed by atoms with Gasteiger partial charge in [0, 0.05) is 23.1 Å². The van der Waals surface area contributed by atoms with E-state index in [-0.39, 0.29) is 12.5 Å². The van der Waals surface area contributed by atoms with E-state index in [9.17, 15) is 18.0 Å². The SMILES string of the molecule is CCCNC(=O)[C@H](CC)N(Cc1ccc(Cl)cc1Cl)C(=O)CN(c1ccc(OC)cc1)S(C)(=O)=O. The van der Waals surface area contributed by atoms with Gasteiger partial charge in [0.1, 0.15) is 18.3 Å². The molecule has 0 spiro atoms. The third-order valence-corrected chi connectivity index (χ3v) is 7.06. The number of benzene rings is 2. The first-order chi connectivity index (χ1) is 16.5. The number of nitrogens with one attached hydrogen (secondary N) is 1. The molecule has 0 radical (unpaired) electrons. The van der Waals surface area contributed by atoms with Crippen molar-refractivity contribution in [2.24, 2.45) is 0 Å². The first-order valence-corrected chi connectivity index (χ1v) is 13.7. The number of amides is 2. The Kier molecular flexibility index (Phi) is 10.7. The lowest BCUT2D eigenvalue weighted by atomic mass is 10.1. The molecule has 2 rings (SSSR count). The number of hydrogen-bond acceptors (Lipinski definition) is 5. The van der Waals surface area contributed by atoms with Gasteiger partial charge in [-0.2, -0.15) is 0 Å². The Labute approximate surface area is 217 Å². The molecule has 35 heavy (non-hydrogen) atoms. The van der Waals surface area contributed by atoms with Gasteiger partial charge in [0.25, 0.3) is 0 Å². The average molecular weight is 545 g/mol. The monoisotopic (exact) mass is 543 g/mol. The zero-order chi connectivity index (χ0) is 26.2. The van der Waals surface area contributed by atoms with Crippen molar-refractivity contribution >= 4 is 50.7 Å². The number of carbonyl (C=O) groups excluding carboxylic acids is 2. The minimum Gasteiger partial charge on any atom is -0.497 e. The van der Waals surface area contributed by atoms with E-state index in [1.807, 2.05) is 6.92 Å². The van der Waals surface area contributed by atoms with E-state index in [1.54, 1.807) is 49.4 Å². The van der Waals surface area contributed by atoms with Crippen LogP contribution in [0.2, 0.25) is 10.0 Å². The van der Waals surface area contributed by atoms with E-state index >= 15 is 0 Å².